The normalized spacial score (nSPS) is 22.8. The van der Waals surface area contributed by atoms with E-state index in [1.807, 2.05) is 6.07 Å². The van der Waals surface area contributed by atoms with Gasteiger partial charge in [-0.25, -0.2) is 0 Å². The predicted octanol–water partition coefficient (Wildman–Crippen LogP) is 2.65. The van der Waals surface area contributed by atoms with Gasteiger partial charge in [0.05, 0.1) is 5.02 Å². The van der Waals surface area contributed by atoms with Gasteiger partial charge in [0, 0.05) is 0 Å². The molecule has 2 aliphatic rings. The summed E-state index contributed by atoms with van der Waals surface area (Å²) >= 11 is 6.42. The topological polar surface area (TPSA) is 30.5 Å². The minimum absolute atomic E-state index is 0.584. The van der Waals surface area contributed by atoms with Crippen LogP contribution in [0, 0.1) is 5.92 Å². The lowest BCUT2D eigenvalue weighted by Crippen LogP contribution is -2.30. The largest absolute Gasteiger partial charge is 0.486 e. The van der Waals surface area contributed by atoms with Crippen LogP contribution in [0.3, 0.4) is 0 Å². The first-order valence-electron chi connectivity index (χ1n) is 6.62. The molecule has 1 fully saturated rings. The van der Waals surface area contributed by atoms with Gasteiger partial charge >= 0.3 is 0 Å². The highest BCUT2D eigenvalue weighted by Crippen LogP contribution is 2.40. The second-order valence-corrected chi connectivity index (χ2v) is 5.36. The number of ether oxygens (including phenoxy) is 2. The number of hydrogen-bond acceptors (Lipinski definition) is 3. The standard InChI is InChI=1S/C14H18ClNO2/c15-13-11(8-10-2-1-5-16-9-10)3-4-12-14(13)18-7-6-17-12/h3-4,10,16H,1-2,5-9H2. The Hall–Kier alpha value is -0.930. The van der Waals surface area contributed by atoms with Gasteiger partial charge in [0.2, 0.25) is 0 Å². The van der Waals surface area contributed by atoms with Gasteiger partial charge in [0.1, 0.15) is 13.2 Å². The molecule has 0 bridgehead atoms. The molecular weight excluding hydrogens is 250 g/mol. The summed E-state index contributed by atoms with van der Waals surface area (Å²) in [6.07, 6.45) is 3.55. The molecule has 3 rings (SSSR count). The summed E-state index contributed by atoms with van der Waals surface area (Å²) in [5, 5.41) is 4.17. The van der Waals surface area contributed by atoms with Crippen LogP contribution in [0.4, 0.5) is 0 Å². The molecule has 1 unspecified atom stereocenters. The van der Waals surface area contributed by atoms with Crippen molar-refractivity contribution in [2.45, 2.75) is 19.3 Å². The molecule has 1 saturated heterocycles. The van der Waals surface area contributed by atoms with Crippen molar-refractivity contribution in [3.63, 3.8) is 0 Å². The summed E-state index contributed by atoms with van der Waals surface area (Å²) in [5.41, 5.74) is 1.18. The molecule has 0 aromatic heterocycles. The van der Waals surface area contributed by atoms with Crippen LogP contribution in [-0.4, -0.2) is 26.3 Å². The molecule has 0 saturated carbocycles. The van der Waals surface area contributed by atoms with E-state index >= 15 is 0 Å². The summed E-state index contributed by atoms with van der Waals surface area (Å²) in [6.45, 7) is 3.42. The number of benzene rings is 1. The van der Waals surface area contributed by atoms with E-state index in [0.717, 1.165) is 36.0 Å². The van der Waals surface area contributed by atoms with Gasteiger partial charge in [-0.1, -0.05) is 17.7 Å². The number of halogens is 1. The van der Waals surface area contributed by atoms with Crippen molar-refractivity contribution in [2.75, 3.05) is 26.3 Å². The predicted molar refractivity (Wildman–Crippen MR) is 71.7 cm³/mol. The first-order valence-corrected chi connectivity index (χ1v) is 7.00. The van der Waals surface area contributed by atoms with E-state index in [9.17, 15) is 0 Å². The van der Waals surface area contributed by atoms with Crippen molar-refractivity contribution in [3.8, 4) is 11.5 Å². The molecule has 0 aliphatic carbocycles. The maximum atomic E-state index is 6.42. The fourth-order valence-corrected chi connectivity index (χ4v) is 2.98. The molecule has 2 heterocycles. The summed E-state index contributed by atoms with van der Waals surface area (Å²) < 4.78 is 11.1. The van der Waals surface area contributed by atoms with Crippen LogP contribution in [0.1, 0.15) is 18.4 Å². The van der Waals surface area contributed by atoms with E-state index in [-0.39, 0.29) is 0 Å². The average Bonchev–Trinajstić information content (AvgIpc) is 2.43. The van der Waals surface area contributed by atoms with Crippen molar-refractivity contribution in [1.29, 1.82) is 0 Å². The van der Waals surface area contributed by atoms with Gasteiger partial charge in [0.25, 0.3) is 0 Å². The zero-order chi connectivity index (χ0) is 12.4. The highest BCUT2D eigenvalue weighted by molar-refractivity contribution is 6.33. The van der Waals surface area contributed by atoms with E-state index in [1.165, 1.54) is 18.4 Å². The van der Waals surface area contributed by atoms with Crippen molar-refractivity contribution in [3.05, 3.63) is 22.7 Å². The Balaban J connectivity index is 1.79. The summed E-state index contributed by atoms with van der Waals surface area (Å²) in [7, 11) is 0. The lowest BCUT2D eigenvalue weighted by atomic mass is 9.92. The van der Waals surface area contributed by atoms with Crippen LogP contribution < -0.4 is 14.8 Å². The van der Waals surface area contributed by atoms with Crippen LogP contribution in [-0.2, 0) is 6.42 Å². The maximum Gasteiger partial charge on any atom is 0.180 e. The molecule has 0 amide bonds. The van der Waals surface area contributed by atoms with E-state index in [1.54, 1.807) is 0 Å². The maximum absolute atomic E-state index is 6.42. The van der Waals surface area contributed by atoms with E-state index in [0.29, 0.717) is 19.1 Å². The Bertz CT molecular complexity index is 430. The number of rotatable bonds is 2. The Morgan fingerprint density at radius 2 is 2.17 bits per heavy atom. The van der Waals surface area contributed by atoms with E-state index in [4.69, 9.17) is 21.1 Å². The molecule has 0 spiro atoms. The highest BCUT2D eigenvalue weighted by Gasteiger charge is 2.20. The molecule has 3 nitrogen and oxygen atoms in total. The Kier molecular flexibility index (Phi) is 3.62. The molecule has 2 aliphatic heterocycles. The van der Waals surface area contributed by atoms with Gasteiger partial charge in [-0.3, -0.25) is 0 Å². The summed E-state index contributed by atoms with van der Waals surface area (Å²) in [4.78, 5) is 0. The third-order valence-corrected chi connectivity index (χ3v) is 4.05. The Labute approximate surface area is 112 Å². The van der Waals surface area contributed by atoms with Crippen LogP contribution in [0.5, 0.6) is 11.5 Å². The van der Waals surface area contributed by atoms with Gasteiger partial charge in [-0.2, -0.15) is 0 Å². The molecule has 1 aromatic carbocycles. The van der Waals surface area contributed by atoms with Crippen molar-refractivity contribution < 1.29 is 9.47 Å². The monoisotopic (exact) mass is 267 g/mol. The molecule has 1 N–H and O–H groups in total. The SMILES string of the molecule is Clc1c(CC2CCCNC2)ccc2c1OCCO2. The minimum atomic E-state index is 0.584. The quantitative estimate of drug-likeness (QED) is 0.894. The van der Waals surface area contributed by atoms with Gasteiger partial charge in [-0.05, 0) is 49.9 Å². The summed E-state index contributed by atoms with van der Waals surface area (Å²) in [5.74, 6) is 2.18. The van der Waals surface area contributed by atoms with Gasteiger partial charge < -0.3 is 14.8 Å². The molecule has 1 aromatic rings. The zero-order valence-electron chi connectivity index (χ0n) is 10.4. The lowest BCUT2D eigenvalue weighted by molar-refractivity contribution is 0.171. The average molecular weight is 268 g/mol. The Morgan fingerprint density at radius 1 is 1.28 bits per heavy atom. The minimum Gasteiger partial charge on any atom is -0.486 e. The van der Waals surface area contributed by atoms with E-state index in [2.05, 4.69) is 11.4 Å². The summed E-state index contributed by atoms with van der Waals surface area (Å²) in [6, 6.07) is 4.05. The number of piperidine rings is 1. The first-order chi connectivity index (χ1) is 8.84. The number of nitrogens with one attached hydrogen (secondary N) is 1. The third-order valence-electron chi connectivity index (χ3n) is 3.64. The molecule has 98 valence electrons. The smallest absolute Gasteiger partial charge is 0.180 e. The molecule has 0 radical (unpaired) electrons. The van der Waals surface area contributed by atoms with Crippen molar-refractivity contribution in [1.82, 2.24) is 5.32 Å². The highest BCUT2D eigenvalue weighted by atomic mass is 35.5. The fourth-order valence-electron chi connectivity index (χ4n) is 2.69. The van der Waals surface area contributed by atoms with Crippen molar-refractivity contribution in [2.24, 2.45) is 5.92 Å². The second kappa shape index (κ2) is 5.37. The van der Waals surface area contributed by atoms with Crippen LogP contribution in [0.2, 0.25) is 5.02 Å². The number of hydrogen-bond donors (Lipinski definition) is 1. The fraction of sp³-hybridized carbons (Fsp3) is 0.571. The molecular formula is C14H18ClNO2. The third kappa shape index (κ3) is 2.43. The zero-order valence-corrected chi connectivity index (χ0v) is 11.1. The molecule has 18 heavy (non-hydrogen) atoms. The number of fused-ring (bicyclic) bond motifs is 1. The van der Waals surface area contributed by atoms with Crippen LogP contribution >= 0.6 is 11.6 Å². The first kappa shape index (κ1) is 12.1. The molecule has 1 atom stereocenters. The molecule has 4 heteroatoms. The van der Waals surface area contributed by atoms with Crippen LogP contribution in [0.25, 0.3) is 0 Å². The van der Waals surface area contributed by atoms with E-state index < -0.39 is 0 Å². The van der Waals surface area contributed by atoms with Crippen molar-refractivity contribution >= 4 is 11.6 Å². The van der Waals surface area contributed by atoms with Crippen LogP contribution in [0.15, 0.2) is 12.1 Å². The van der Waals surface area contributed by atoms with Gasteiger partial charge in [0.15, 0.2) is 11.5 Å². The Morgan fingerprint density at radius 3 is 3.00 bits per heavy atom. The second-order valence-electron chi connectivity index (χ2n) is 4.98. The van der Waals surface area contributed by atoms with Gasteiger partial charge in [-0.15, -0.1) is 0 Å². The lowest BCUT2D eigenvalue weighted by Gasteiger charge is -2.25.